The maximum absolute atomic E-state index is 14.1. The van der Waals surface area contributed by atoms with Gasteiger partial charge in [-0.1, -0.05) is 42.5 Å². The molecule has 0 N–H and O–H groups in total. The molecule has 0 unspecified atom stereocenters. The van der Waals surface area contributed by atoms with E-state index in [1.807, 2.05) is 46.2 Å². The Balaban J connectivity index is 1.16. The predicted molar refractivity (Wildman–Crippen MR) is 141 cm³/mol. The molecule has 3 aromatic rings. The monoisotopic (exact) mass is 522 g/mol. The van der Waals surface area contributed by atoms with Crippen LogP contribution < -0.4 is 4.90 Å². The Kier molecular flexibility index (Phi) is 7.55. The standard InChI is InChI=1S/C28H31FN4O3S/c29-26-11-4-5-12-27(26)31-15-17-32(18-16-31)28(34)24-8-6-7-23(21-24)22-30-13-19-33(20-14-30)37(35,36)25-9-2-1-3-10-25/h1-12,21H,13-20,22H2. The van der Waals surface area contributed by atoms with E-state index in [4.69, 9.17) is 0 Å². The highest BCUT2D eigenvalue weighted by atomic mass is 32.2. The summed E-state index contributed by atoms with van der Waals surface area (Å²) in [4.78, 5) is 19.5. The van der Waals surface area contributed by atoms with E-state index in [0.29, 0.717) is 75.0 Å². The first-order chi connectivity index (χ1) is 17.9. The predicted octanol–water partition coefficient (Wildman–Crippen LogP) is 3.29. The first-order valence-electron chi connectivity index (χ1n) is 12.6. The zero-order valence-corrected chi connectivity index (χ0v) is 21.5. The van der Waals surface area contributed by atoms with E-state index in [1.165, 1.54) is 6.07 Å². The molecule has 0 spiro atoms. The second-order valence-electron chi connectivity index (χ2n) is 9.42. The van der Waals surface area contributed by atoms with Crippen LogP contribution in [0, 0.1) is 5.82 Å². The van der Waals surface area contributed by atoms with E-state index < -0.39 is 10.0 Å². The Labute approximate surface area is 217 Å². The lowest BCUT2D eigenvalue weighted by atomic mass is 10.1. The number of para-hydroxylation sites is 1. The van der Waals surface area contributed by atoms with E-state index >= 15 is 0 Å². The molecular formula is C28H31FN4O3S. The first-order valence-corrected chi connectivity index (χ1v) is 14.0. The molecule has 9 heteroatoms. The highest BCUT2D eigenvalue weighted by molar-refractivity contribution is 7.89. The van der Waals surface area contributed by atoms with Crippen LogP contribution in [0.25, 0.3) is 0 Å². The van der Waals surface area contributed by atoms with Gasteiger partial charge >= 0.3 is 0 Å². The molecule has 2 saturated heterocycles. The van der Waals surface area contributed by atoms with Crippen molar-refractivity contribution in [1.82, 2.24) is 14.1 Å². The lowest BCUT2D eigenvalue weighted by Crippen LogP contribution is -2.49. The summed E-state index contributed by atoms with van der Waals surface area (Å²) < 4.78 is 41.4. The highest BCUT2D eigenvalue weighted by Crippen LogP contribution is 2.22. The number of hydrogen-bond donors (Lipinski definition) is 0. The van der Waals surface area contributed by atoms with Gasteiger partial charge in [-0.25, -0.2) is 12.8 Å². The summed E-state index contributed by atoms with van der Waals surface area (Å²) in [5.74, 6) is -0.262. The molecule has 0 aromatic heterocycles. The van der Waals surface area contributed by atoms with Crippen molar-refractivity contribution >= 4 is 21.6 Å². The molecule has 2 fully saturated rings. The molecule has 0 atom stereocenters. The minimum atomic E-state index is -3.48. The van der Waals surface area contributed by atoms with Gasteiger partial charge in [-0.2, -0.15) is 4.31 Å². The third-order valence-corrected chi connectivity index (χ3v) is 8.97. The fourth-order valence-corrected chi connectivity index (χ4v) is 6.41. The van der Waals surface area contributed by atoms with Gasteiger partial charge in [-0.15, -0.1) is 0 Å². The van der Waals surface area contributed by atoms with Crippen LogP contribution in [0.1, 0.15) is 15.9 Å². The summed E-state index contributed by atoms with van der Waals surface area (Å²) in [6, 6.07) is 22.9. The van der Waals surface area contributed by atoms with Crippen molar-refractivity contribution in [2.75, 3.05) is 57.3 Å². The topological polar surface area (TPSA) is 64.2 Å². The largest absolute Gasteiger partial charge is 0.366 e. The second kappa shape index (κ2) is 11.0. The maximum Gasteiger partial charge on any atom is 0.253 e. The van der Waals surface area contributed by atoms with E-state index in [9.17, 15) is 17.6 Å². The molecule has 0 bridgehead atoms. The van der Waals surface area contributed by atoms with Gasteiger partial charge in [-0.05, 0) is 42.0 Å². The molecule has 2 heterocycles. The van der Waals surface area contributed by atoms with Crippen molar-refractivity contribution < 1.29 is 17.6 Å². The summed E-state index contributed by atoms with van der Waals surface area (Å²) in [7, 11) is -3.48. The third-order valence-electron chi connectivity index (χ3n) is 7.05. The summed E-state index contributed by atoms with van der Waals surface area (Å²) in [5.41, 5.74) is 2.24. The van der Waals surface area contributed by atoms with Crippen molar-refractivity contribution in [3.05, 3.63) is 95.8 Å². The first kappa shape index (κ1) is 25.4. The lowest BCUT2D eigenvalue weighted by molar-refractivity contribution is 0.0746. The average molecular weight is 523 g/mol. The number of piperazine rings is 2. The van der Waals surface area contributed by atoms with Crippen molar-refractivity contribution in [3.63, 3.8) is 0 Å². The summed E-state index contributed by atoms with van der Waals surface area (Å²) in [6.45, 7) is 5.02. The number of benzene rings is 3. The van der Waals surface area contributed by atoms with Crippen LogP contribution in [-0.4, -0.2) is 80.8 Å². The number of rotatable bonds is 6. The highest BCUT2D eigenvalue weighted by Gasteiger charge is 2.28. The Morgan fingerprint density at radius 3 is 2.14 bits per heavy atom. The van der Waals surface area contributed by atoms with E-state index in [2.05, 4.69) is 4.90 Å². The van der Waals surface area contributed by atoms with Gasteiger partial charge in [-0.3, -0.25) is 9.69 Å². The molecule has 37 heavy (non-hydrogen) atoms. The normalized spacial score (nSPS) is 17.6. The smallest absolute Gasteiger partial charge is 0.253 e. The van der Waals surface area contributed by atoms with Crippen LogP contribution in [0.2, 0.25) is 0 Å². The summed E-state index contributed by atoms with van der Waals surface area (Å²) in [5, 5.41) is 0. The van der Waals surface area contributed by atoms with Gasteiger partial charge in [0, 0.05) is 64.5 Å². The van der Waals surface area contributed by atoms with Crippen LogP contribution >= 0.6 is 0 Å². The number of anilines is 1. The Bertz CT molecular complexity index is 1340. The zero-order valence-electron chi connectivity index (χ0n) is 20.7. The summed E-state index contributed by atoms with van der Waals surface area (Å²) >= 11 is 0. The van der Waals surface area contributed by atoms with Gasteiger partial charge in [0.2, 0.25) is 10.0 Å². The fraction of sp³-hybridized carbons (Fsp3) is 0.321. The second-order valence-corrected chi connectivity index (χ2v) is 11.4. The average Bonchev–Trinajstić information content (AvgIpc) is 2.94. The maximum atomic E-state index is 14.1. The van der Waals surface area contributed by atoms with Gasteiger partial charge in [0.1, 0.15) is 5.82 Å². The molecule has 0 radical (unpaired) electrons. The molecule has 7 nitrogen and oxygen atoms in total. The van der Waals surface area contributed by atoms with Crippen LogP contribution in [0.3, 0.4) is 0 Å². The van der Waals surface area contributed by atoms with Gasteiger partial charge in [0.15, 0.2) is 0 Å². The van der Waals surface area contributed by atoms with Crippen LogP contribution in [0.4, 0.5) is 10.1 Å². The molecule has 5 rings (SSSR count). The fourth-order valence-electron chi connectivity index (χ4n) is 4.97. The lowest BCUT2D eigenvalue weighted by Gasteiger charge is -2.36. The van der Waals surface area contributed by atoms with Crippen molar-refractivity contribution in [3.8, 4) is 0 Å². The van der Waals surface area contributed by atoms with Crippen molar-refractivity contribution in [2.24, 2.45) is 0 Å². The van der Waals surface area contributed by atoms with Crippen LogP contribution in [-0.2, 0) is 16.6 Å². The van der Waals surface area contributed by atoms with Gasteiger partial charge in [0.05, 0.1) is 10.6 Å². The molecule has 3 aromatic carbocycles. The number of sulfonamides is 1. The van der Waals surface area contributed by atoms with Crippen LogP contribution in [0.15, 0.2) is 83.8 Å². The molecule has 0 aliphatic carbocycles. The molecule has 194 valence electrons. The quantitative estimate of drug-likeness (QED) is 0.497. The molecule has 2 aliphatic heterocycles. The van der Waals surface area contributed by atoms with Crippen LogP contribution in [0.5, 0.6) is 0 Å². The number of nitrogens with zero attached hydrogens (tertiary/aromatic N) is 4. The summed E-state index contributed by atoms with van der Waals surface area (Å²) in [6.07, 6.45) is 0. The number of amides is 1. The molecular weight excluding hydrogens is 491 g/mol. The molecule has 2 aliphatic rings. The minimum absolute atomic E-state index is 0.0196. The SMILES string of the molecule is O=C(c1cccc(CN2CCN(S(=O)(=O)c3ccccc3)CC2)c1)N1CCN(c2ccccc2F)CC1. The minimum Gasteiger partial charge on any atom is -0.366 e. The van der Waals surface area contributed by atoms with Gasteiger partial charge in [0.25, 0.3) is 5.91 Å². The molecule has 0 saturated carbocycles. The Hall–Kier alpha value is -3.27. The Morgan fingerprint density at radius 2 is 1.43 bits per heavy atom. The van der Waals surface area contributed by atoms with Crippen molar-refractivity contribution in [2.45, 2.75) is 11.4 Å². The number of carbonyl (C=O) groups is 1. The third kappa shape index (κ3) is 5.69. The zero-order chi connectivity index (χ0) is 25.8. The number of halogens is 1. The van der Waals surface area contributed by atoms with Gasteiger partial charge < -0.3 is 9.80 Å². The Morgan fingerprint density at radius 1 is 0.757 bits per heavy atom. The number of hydrogen-bond acceptors (Lipinski definition) is 5. The van der Waals surface area contributed by atoms with Crippen molar-refractivity contribution in [1.29, 1.82) is 0 Å². The molecule has 1 amide bonds. The van der Waals surface area contributed by atoms with E-state index in [0.717, 1.165) is 5.56 Å². The van der Waals surface area contributed by atoms with E-state index in [1.54, 1.807) is 40.7 Å². The number of carbonyl (C=O) groups excluding carboxylic acids is 1. The van der Waals surface area contributed by atoms with E-state index in [-0.39, 0.29) is 11.7 Å².